The molecule has 1 N–H and O–H groups in total. The summed E-state index contributed by atoms with van der Waals surface area (Å²) in [5.74, 6) is 0.143. The third-order valence-corrected chi connectivity index (χ3v) is 4.39. The minimum Gasteiger partial charge on any atom is -0.330 e. The van der Waals surface area contributed by atoms with Crippen molar-refractivity contribution < 1.29 is 9.18 Å². The van der Waals surface area contributed by atoms with Gasteiger partial charge >= 0.3 is 0 Å². The zero-order chi connectivity index (χ0) is 16.6. The Morgan fingerprint density at radius 2 is 2.22 bits per heavy atom. The van der Waals surface area contributed by atoms with E-state index in [1.54, 1.807) is 4.90 Å². The molecule has 0 saturated heterocycles. The Balaban J connectivity index is 1.82. The van der Waals surface area contributed by atoms with E-state index in [4.69, 9.17) is 0 Å². The summed E-state index contributed by atoms with van der Waals surface area (Å²) in [5.41, 5.74) is 3.42. The molecule has 3 rings (SSSR count). The highest BCUT2D eigenvalue weighted by atomic mass is 19.1. The Hall–Kier alpha value is -2.17. The molecule has 1 atom stereocenters. The van der Waals surface area contributed by atoms with Crippen molar-refractivity contribution >= 4 is 5.91 Å². The number of fused-ring (bicyclic) bond motifs is 1. The predicted octanol–water partition coefficient (Wildman–Crippen LogP) is 3.51. The highest BCUT2D eigenvalue weighted by Crippen LogP contribution is 2.31. The molecule has 2 aromatic rings. The number of aromatic amines is 1. The van der Waals surface area contributed by atoms with E-state index < -0.39 is 0 Å². The van der Waals surface area contributed by atoms with Crippen LogP contribution in [0.25, 0.3) is 0 Å². The van der Waals surface area contributed by atoms with Gasteiger partial charge in [0.2, 0.25) is 0 Å². The third kappa shape index (κ3) is 3.14. The maximum absolute atomic E-state index is 13.5. The van der Waals surface area contributed by atoms with Crippen LogP contribution in [0.3, 0.4) is 0 Å². The lowest BCUT2D eigenvalue weighted by molar-refractivity contribution is 0.0671. The molecular formula is C18H22FN3O. The van der Waals surface area contributed by atoms with Crippen molar-refractivity contribution in [1.29, 1.82) is 0 Å². The Kier molecular flexibility index (Phi) is 4.20. The molecule has 0 radical (unpaired) electrons. The fourth-order valence-electron chi connectivity index (χ4n) is 3.22. The van der Waals surface area contributed by atoms with Crippen molar-refractivity contribution in [3.05, 3.63) is 52.6 Å². The zero-order valence-corrected chi connectivity index (χ0v) is 13.8. The van der Waals surface area contributed by atoms with Crippen LogP contribution in [-0.2, 0) is 12.8 Å². The number of carbonyl (C=O) groups excluding carboxylic acids is 1. The van der Waals surface area contributed by atoms with E-state index in [0.717, 1.165) is 29.7 Å². The van der Waals surface area contributed by atoms with Gasteiger partial charge in [0.1, 0.15) is 11.5 Å². The number of rotatable bonds is 3. The van der Waals surface area contributed by atoms with Crippen molar-refractivity contribution in [3.8, 4) is 0 Å². The fraction of sp³-hybridized carbons (Fsp3) is 0.444. The summed E-state index contributed by atoms with van der Waals surface area (Å²) < 4.78 is 13.5. The highest BCUT2D eigenvalue weighted by molar-refractivity contribution is 5.92. The minimum atomic E-state index is -0.260. The van der Waals surface area contributed by atoms with Crippen LogP contribution in [0, 0.1) is 11.7 Å². The lowest BCUT2D eigenvalue weighted by Gasteiger charge is -2.34. The summed E-state index contributed by atoms with van der Waals surface area (Å²) in [6, 6.07) is 6.52. The Labute approximate surface area is 135 Å². The van der Waals surface area contributed by atoms with Crippen LogP contribution in [0.1, 0.15) is 54.1 Å². The monoisotopic (exact) mass is 315 g/mol. The molecule has 0 bridgehead atoms. The van der Waals surface area contributed by atoms with E-state index in [1.807, 2.05) is 19.1 Å². The van der Waals surface area contributed by atoms with Crippen molar-refractivity contribution in [2.45, 2.75) is 39.7 Å². The number of H-pyrrole nitrogens is 1. The van der Waals surface area contributed by atoms with Gasteiger partial charge < -0.3 is 4.90 Å². The molecular weight excluding hydrogens is 293 g/mol. The van der Waals surface area contributed by atoms with E-state index in [0.29, 0.717) is 18.2 Å². The zero-order valence-electron chi connectivity index (χ0n) is 13.8. The number of halogens is 1. The highest BCUT2D eigenvalue weighted by Gasteiger charge is 2.29. The van der Waals surface area contributed by atoms with Crippen molar-refractivity contribution in [1.82, 2.24) is 15.1 Å². The number of hydrogen-bond acceptors (Lipinski definition) is 2. The summed E-state index contributed by atoms with van der Waals surface area (Å²) >= 11 is 0. The number of benzene rings is 1. The van der Waals surface area contributed by atoms with Crippen LogP contribution in [0.5, 0.6) is 0 Å². The smallest absolute Gasteiger partial charge is 0.274 e. The summed E-state index contributed by atoms with van der Waals surface area (Å²) in [7, 11) is 0. The number of nitrogens with zero attached hydrogens (tertiary/aromatic N) is 2. The second-order valence-electron chi connectivity index (χ2n) is 6.64. The van der Waals surface area contributed by atoms with Gasteiger partial charge in [0, 0.05) is 12.2 Å². The first-order chi connectivity index (χ1) is 11.0. The Bertz CT molecular complexity index is 723. The maximum atomic E-state index is 13.5. The molecule has 0 spiro atoms. The maximum Gasteiger partial charge on any atom is 0.274 e. The predicted molar refractivity (Wildman–Crippen MR) is 86.7 cm³/mol. The minimum absolute atomic E-state index is 0.0985. The molecule has 1 aromatic carbocycles. The number of amides is 1. The van der Waals surface area contributed by atoms with E-state index >= 15 is 0 Å². The first-order valence-corrected chi connectivity index (χ1v) is 8.09. The number of aromatic nitrogens is 2. The lowest BCUT2D eigenvalue weighted by Crippen LogP contribution is -2.39. The van der Waals surface area contributed by atoms with E-state index in [1.165, 1.54) is 12.1 Å². The molecule has 1 aliphatic rings. The van der Waals surface area contributed by atoms with Gasteiger partial charge in [-0.25, -0.2) is 4.39 Å². The number of nitrogens with one attached hydrogen (secondary N) is 1. The Morgan fingerprint density at radius 3 is 2.96 bits per heavy atom. The van der Waals surface area contributed by atoms with Crippen LogP contribution in [0.15, 0.2) is 24.3 Å². The van der Waals surface area contributed by atoms with Crippen molar-refractivity contribution in [3.63, 3.8) is 0 Å². The molecule has 1 aliphatic heterocycles. The van der Waals surface area contributed by atoms with Crippen molar-refractivity contribution in [2.75, 3.05) is 6.54 Å². The standard InChI is InChI=1S/C18H22FN3O/c1-11(2)8-15-10-17(21-20-15)18(23)22-7-6-13-4-5-14(19)9-16(13)12(22)3/h4-5,9-12H,6-8H2,1-3H3,(H,20,21)/t12-/m0/s1. The van der Waals surface area contributed by atoms with Gasteiger partial charge in [-0.2, -0.15) is 5.10 Å². The molecule has 1 amide bonds. The molecule has 5 heteroatoms. The second kappa shape index (κ2) is 6.14. The van der Waals surface area contributed by atoms with Gasteiger partial charge in [-0.3, -0.25) is 9.89 Å². The largest absolute Gasteiger partial charge is 0.330 e. The van der Waals surface area contributed by atoms with Crippen LogP contribution < -0.4 is 0 Å². The van der Waals surface area contributed by atoms with Crippen LogP contribution >= 0.6 is 0 Å². The van der Waals surface area contributed by atoms with E-state index in [-0.39, 0.29) is 17.8 Å². The lowest BCUT2D eigenvalue weighted by atomic mass is 9.93. The summed E-state index contributed by atoms with van der Waals surface area (Å²) in [6.45, 7) is 6.82. The number of carbonyl (C=O) groups is 1. The van der Waals surface area contributed by atoms with Gasteiger partial charge in [0.15, 0.2) is 0 Å². The molecule has 0 saturated carbocycles. The van der Waals surface area contributed by atoms with Crippen LogP contribution in [-0.4, -0.2) is 27.5 Å². The first kappa shape index (κ1) is 15.7. The molecule has 0 fully saturated rings. The fourth-order valence-corrected chi connectivity index (χ4v) is 3.22. The summed E-state index contributed by atoms with van der Waals surface area (Å²) in [6.07, 6.45) is 1.61. The van der Waals surface area contributed by atoms with E-state index in [9.17, 15) is 9.18 Å². The van der Waals surface area contributed by atoms with Gasteiger partial charge in [-0.15, -0.1) is 0 Å². The topological polar surface area (TPSA) is 49.0 Å². The van der Waals surface area contributed by atoms with Gasteiger partial charge in [-0.1, -0.05) is 19.9 Å². The second-order valence-corrected chi connectivity index (χ2v) is 6.64. The molecule has 23 heavy (non-hydrogen) atoms. The molecule has 0 aliphatic carbocycles. The Morgan fingerprint density at radius 1 is 1.43 bits per heavy atom. The molecule has 2 heterocycles. The third-order valence-electron chi connectivity index (χ3n) is 4.39. The SMILES string of the molecule is CC(C)Cc1cc(C(=O)N2CCc3ccc(F)cc3[C@@H]2C)n[nH]1. The van der Waals surface area contributed by atoms with Crippen molar-refractivity contribution in [2.24, 2.45) is 5.92 Å². The molecule has 0 unspecified atom stereocenters. The van der Waals surface area contributed by atoms with Gasteiger partial charge in [0.25, 0.3) is 5.91 Å². The van der Waals surface area contributed by atoms with Crippen LogP contribution in [0.2, 0.25) is 0 Å². The summed E-state index contributed by atoms with van der Waals surface area (Å²) in [5, 5.41) is 7.10. The molecule has 122 valence electrons. The van der Waals surface area contributed by atoms with Gasteiger partial charge in [0.05, 0.1) is 6.04 Å². The summed E-state index contributed by atoms with van der Waals surface area (Å²) in [4.78, 5) is 14.5. The average molecular weight is 315 g/mol. The number of hydrogen-bond donors (Lipinski definition) is 1. The van der Waals surface area contributed by atoms with Gasteiger partial charge in [-0.05, 0) is 55.0 Å². The molecule has 4 nitrogen and oxygen atoms in total. The normalized spacial score (nSPS) is 17.4. The quantitative estimate of drug-likeness (QED) is 0.942. The van der Waals surface area contributed by atoms with E-state index in [2.05, 4.69) is 24.0 Å². The first-order valence-electron chi connectivity index (χ1n) is 8.09. The molecule has 1 aromatic heterocycles. The van der Waals surface area contributed by atoms with Crippen LogP contribution in [0.4, 0.5) is 4.39 Å². The average Bonchev–Trinajstić information content (AvgIpc) is 2.95.